The number of halogens is 1. The average Bonchev–Trinajstić information content (AvgIpc) is 3.27. The largest absolute Gasteiger partial charge is 0.347 e. The van der Waals surface area contributed by atoms with Crippen LogP contribution in [0.2, 0.25) is 5.02 Å². The number of carbonyl (C=O) groups excluding carboxylic acids is 1. The molecule has 0 heterocycles. The van der Waals surface area contributed by atoms with Crippen LogP contribution in [0.3, 0.4) is 0 Å². The van der Waals surface area contributed by atoms with Gasteiger partial charge in [0.05, 0.1) is 5.54 Å². The highest BCUT2D eigenvalue weighted by molar-refractivity contribution is 6.30. The van der Waals surface area contributed by atoms with Crippen molar-refractivity contribution in [3.8, 4) is 0 Å². The lowest BCUT2D eigenvalue weighted by atomic mass is 9.86. The molecule has 0 bridgehead atoms. The number of hydrogen-bond donors (Lipinski definition) is 1. The Kier molecular flexibility index (Phi) is 4.54. The quantitative estimate of drug-likeness (QED) is 0.831. The van der Waals surface area contributed by atoms with Crippen LogP contribution in [0.1, 0.15) is 63.4 Å². The van der Waals surface area contributed by atoms with E-state index in [-0.39, 0.29) is 11.4 Å². The number of hydrogen-bond acceptors (Lipinski definition) is 1. The molecule has 0 aliphatic heterocycles. The van der Waals surface area contributed by atoms with E-state index >= 15 is 0 Å². The van der Waals surface area contributed by atoms with Gasteiger partial charge in [-0.25, -0.2) is 0 Å². The molecule has 3 heteroatoms. The molecule has 1 aromatic carbocycles. The third-order valence-electron chi connectivity index (χ3n) is 5.03. The van der Waals surface area contributed by atoms with E-state index in [1.807, 2.05) is 24.3 Å². The molecule has 0 radical (unpaired) electrons. The molecule has 2 saturated carbocycles. The summed E-state index contributed by atoms with van der Waals surface area (Å²) in [7, 11) is 0. The molecule has 1 N–H and O–H groups in total. The highest BCUT2D eigenvalue weighted by Crippen LogP contribution is 2.45. The minimum atomic E-state index is -0.103. The Morgan fingerprint density at radius 2 is 1.81 bits per heavy atom. The maximum absolute atomic E-state index is 12.2. The third kappa shape index (κ3) is 3.79. The molecule has 0 saturated heterocycles. The van der Waals surface area contributed by atoms with Crippen LogP contribution in [-0.2, 0) is 10.3 Å². The summed E-state index contributed by atoms with van der Waals surface area (Å²) in [4.78, 5) is 12.2. The van der Waals surface area contributed by atoms with Crippen LogP contribution < -0.4 is 5.32 Å². The molecule has 0 atom stereocenters. The monoisotopic (exact) mass is 305 g/mol. The lowest BCUT2D eigenvalue weighted by Gasteiger charge is -2.22. The van der Waals surface area contributed by atoms with Gasteiger partial charge < -0.3 is 5.32 Å². The molecule has 1 amide bonds. The van der Waals surface area contributed by atoms with E-state index in [0.717, 1.165) is 30.2 Å². The standard InChI is InChI=1S/C18H24ClNO/c19-16-9-7-15(8-10-16)18(12-13-18)20-17(21)11-6-14-4-2-1-3-5-14/h7-10,14H,1-6,11-13H2,(H,20,21). The van der Waals surface area contributed by atoms with Crippen LogP contribution in [0.5, 0.6) is 0 Å². The summed E-state index contributed by atoms with van der Waals surface area (Å²) in [5, 5.41) is 4.01. The van der Waals surface area contributed by atoms with Crippen molar-refractivity contribution in [1.82, 2.24) is 5.32 Å². The molecule has 114 valence electrons. The average molecular weight is 306 g/mol. The van der Waals surface area contributed by atoms with Gasteiger partial charge >= 0.3 is 0 Å². The van der Waals surface area contributed by atoms with E-state index in [9.17, 15) is 4.79 Å². The fraction of sp³-hybridized carbons (Fsp3) is 0.611. The van der Waals surface area contributed by atoms with Gasteiger partial charge in [-0.3, -0.25) is 4.79 Å². The maximum atomic E-state index is 12.2. The van der Waals surface area contributed by atoms with Crippen molar-refractivity contribution in [1.29, 1.82) is 0 Å². The Hall–Kier alpha value is -1.02. The summed E-state index contributed by atoms with van der Waals surface area (Å²) in [6.45, 7) is 0. The van der Waals surface area contributed by atoms with E-state index in [4.69, 9.17) is 11.6 Å². The van der Waals surface area contributed by atoms with Gasteiger partial charge in [0.2, 0.25) is 5.91 Å². The number of rotatable bonds is 5. The second-order valence-electron chi connectivity index (χ2n) is 6.68. The molecule has 1 aromatic rings. The van der Waals surface area contributed by atoms with Crippen LogP contribution >= 0.6 is 11.6 Å². The third-order valence-corrected chi connectivity index (χ3v) is 5.28. The van der Waals surface area contributed by atoms with Crippen molar-refractivity contribution in [2.75, 3.05) is 0 Å². The topological polar surface area (TPSA) is 29.1 Å². The van der Waals surface area contributed by atoms with Gasteiger partial charge in [-0.05, 0) is 42.9 Å². The van der Waals surface area contributed by atoms with Crippen LogP contribution in [0, 0.1) is 5.92 Å². The number of carbonyl (C=O) groups is 1. The molecular weight excluding hydrogens is 282 g/mol. The molecule has 21 heavy (non-hydrogen) atoms. The predicted octanol–water partition coefficient (Wildman–Crippen LogP) is 4.81. The molecule has 2 aliphatic rings. The highest BCUT2D eigenvalue weighted by atomic mass is 35.5. The number of nitrogens with one attached hydrogen (secondary N) is 1. The Balaban J connectivity index is 1.51. The van der Waals surface area contributed by atoms with Crippen molar-refractivity contribution in [2.45, 2.75) is 63.3 Å². The first kappa shape index (κ1) is 14.9. The zero-order valence-corrected chi connectivity index (χ0v) is 13.3. The van der Waals surface area contributed by atoms with E-state index in [1.54, 1.807) is 0 Å². The molecular formula is C18H24ClNO. The van der Waals surface area contributed by atoms with Crippen molar-refractivity contribution in [3.63, 3.8) is 0 Å². The lowest BCUT2D eigenvalue weighted by Crippen LogP contribution is -2.35. The zero-order valence-electron chi connectivity index (χ0n) is 12.5. The molecule has 0 spiro atoms. The highest BCUT2D eigenvalue weighted by Gasteiger charge is 2.45. The van der Waals surface area contributed by atoms with E-state index in [0.29, 0.717) is 6.42 Å². The van der Waals surface area contributed by atoms with E-state index < -0.39 is 0 Å². The normalized spacial score (nSPS) is 21.0. The van der Waals surface area contributed by atoms with E-state index in [1.165, 1.54) is 37.7 Å². The number of benzene rings is 1. The van der Waals surface area contributed by atoms with Crippen LogP contribution in [0.15, 0.2) is 24.3 Å². The van der Waals surface area contributed by atoms with Crippen LogP contribution in [-0.4, -0.2) is 5.91 Å². The van der Waals surface area contributed by atoms with Gasteiger partial charge in [-0.2, -0.15) is 0 Å². The van der Waals surface area contributed by atoms with Crippen molar-refractivity contribution >= 4 is 17.5 Å². The Bertz CT molecular complexity index is 486. The Morgan fingerprint density at radius 3 is 2.43 bits per heavy atom. The Labute approximate surface area is 132 Å². The minimum absolute atomic E-state index is 0.103. The predicted molar refractivity (Wildman–Crippen MR) is 86.3 cm³/mol. The molecule has 2 aliphatic carbocycles. The summed E-state index contributed by atoms with van der Waals surface area (Å²) in [5.74, 6) is 0.989. The van der Waals surface area contributed by atoms with Gasteiger partial charge in [0.1, 0.15) is 0 Å². The first-order valence-corrected chi connectivity index (χ1v) is 8.63. The molecule has 0 unspecified atom stereocenters. The first-order valence-electron chi connectivity index (χ1n) is 8.25. The number of amides is 1. The fourth-order valence-corrected chi connectivity index (χ4v) is 3.65. The minimum Gasteiger partial charge on any atom is -0.347 e. The summed E-state index contributed by atoms with van der Waals surface area (Å²) >= 11 is 5.94. The SMILES string of the molecule is O=C(CCC1CCCCC1)NC1(c2ccc(Cl)cc2)CC1. The molecule has 2 fully saturated rings. The van der Waals surface area contributed by atoms with Gasteiger partial charge in [-0.1, -0.05) is 55.8 Å². The van der Waals surface area contributed by atoms with Gasteiger partial charge in [0, 0.05) is 11.4 Å². The summed E-state index contributed by atoms with van der Waals surface area (Å²) < 4.78 is 0. The van der Waals surface area contributed by atoms with Gasteiger partial charge in [-0.15, -0.1) is 0 Å². The first-order chi connectivity index (χ1) is 10.2. The smallest absolute Gasteiger partial charge is 0.220 e. The Morgan fingerprint density at radius 1 is 1.14 bits per heavy atom. The second kappa shape index (κ2) is 6.39. The summed E-state index contributed by atoms with van der Waals surface area (Å²) in [6.07, 6.45) is 10.5. The summed E-state index contributed by atoms with van der Waals surface area (Å²) in [6, 6.07) is 7.89. The lowest BCUT2D eigenvalue weighted by molar-refractivity contribution is -0.122. The maximum Gasteiger partial charge on any atom is 0.220 e. The summed E-state index contributed by atoms with van der Waals surface area (Å²) in [5.41, 5.74) is 1.09. The van der Waals surface area contributed by atoms with Crippen LogP contribution in [0.4, 0.5) is 0 Å². The zero-order chi connectivity index (χ0) is 14.7. The second-order valence-corrected chi connectivity index (χ2v) is 7.12. The molecule has 2 nitrogen and oxygen atoms in total. The molecule has 3 rings (SSSR count). The van der Waals surface area contributed by atoms with Crippen molar-refractivity contribution in [3.05, 3.63) is 34.9 Å². The van der Waals surface area contributed by atoms with Crippen molar-refractivity contribution < 1.29 is 4.79 Å². The van der Waals surface area contributed by atoms with Gasteiger partial charge in [0.15, 0.2) is 0 Å². The van der Waals surface area contributed by atoms with Crippen molar-refractivity contribution in [2.24, 2.45) is 5.92 Å². The van der Waals surface area contributed by atoms with Crippen LogP contribution in [0.25, 0.3) is 0 Å². The molecule has 0 aromatic heterocycles. The van der Waals surface area contributed by atoms with Gasteiger partial charge in [0.25, 0.3) is 0 Å². The van der Waals surface area contributed by atoms with E-state index in [2.05, 4.69) is 5.32 Å². The fourth-order valence-electron chi connectivity index (χ4n) is 3.52.